The highest BCUT2D eigenvalue weighted by atomic mass is 16.5. The standard InChI is InChI=1S/C21H25N3O3/c1-15-12-17(13-18(14-22)21(25)23-10-5-11-26-3)16(2)24(15)19-6-8-20(27-4)9-7-19/h6-9,12-13H,5,10-11H2,1-4H3,(H,23,25)/b18-13-. The predicted molar refractivity (Wildman–Crippen MR) is 105 cm³/mol. The van der Waals surface area contributed by atoms with Crippen molar-refractivity contribution in [3.05, 3.63) is 52.9 Å². The second-order valence-corrected chi connectivity index (χ2v) is 6.13. The maximum Gasteiger partial charge on any atom is 0.261 e. The number of nitrogens with one attached hydrogen (secondary N) is 1. The molecule has 2 aromatic rings. The van der Waals surface area contributed by atoms with E-state index in [0.717, 1.165) is 28.4 Å². The van der Waals surface area contributed by atoms with Crippen LogP contribution in [0.15, 0.2) is 35.9 Å². The van der Waals surface area contributed by atoms with Crippen LogP contribution in [0.4, 0.5) is 0 Å². The number of benzene rings is 1. The van der Waals surface area contributed by atoms with Gasteiger partial charge in [0.2, 0.25) is 0 Å². The Balaban J connectivity index is 2.26. The number of hydrogen-bond acceptors (Lipinski definition) is 4. The molecule has 0 spiro atoms. The van der Waals surface area contributed by atoms with Crippen molar-refractivity contribution < 1.29 is 14.3 Å². The summed E-state index contributed by atoms with van der Waals surface area (Å²) in [7, 11) is 3.24. The molecule has 0 radical (unpaired) electrons. The Kier molecular flexibility index (Phi) is 7.21. The Morgan fingerprint density at radius 3 is 2.56 bits per heavy atom. The summed E-state index contributed by atoms with van der Waals surface area (Å²) in [5.74, 6) is 0.418. The minimum atomic E-state index is -0.372. The number of nitrogens with zero attached hydrogens (tertiary/aromatic N) is 2. The van der Waals surface area contributed by atoms with Crippen molar-refractivity contribution in [3.63, 3.8) is 0 Å². The number of ether oxygens (including phenoxy) is 2. The van der Waals surface area contributed by atoms with Crippen LogP contribution in [-0.4, -0.2) is 37.8 Å². The second kappa shape index (κ2) is 9.60. The van der Waals surface area contributed by atoms with Gasteiger partial charge in [0.1, 0.15) is 17.4 Å². The maximum absolute atomic E-state index is 12.2. The fraction of sp³-hybridized carbons (Fsp3) is 0.333. The van der Waals surface area contributed by atoms with E-state index in [-0.39, 0.29) is 11.5 Å². The van der Waals surface area contributed by atoms with Crippen LogP contribution in [-0.2, 0) is 9.53 Å². The first-order chi connectivity index (χ1) is 13.0. The maximum atomic E-state index is 12.2. The van der Waals surface area contributed by atoms with Crippen molar-refractivity contribution in [1.29, 1.82) is 5.26 Å². The first kappa shape index (κ1) is 20.3. The summed E-state index contributed by atoms with van der Waals surface area (Å²) in [4.78, 5) is 12.2. The number of carbonyl (C=O) groups is 1. The average Bonchev–Trinajstić information content (AvgIpc) is 2.96. The van der Waals surface area contributed by atoms with Crippen molar-refractivity contribution in [1.82, 2.24) is 9.88 Å². The van der Waals surface area contributed by atoms with E-state index in [9.17, 15) is 10.1 Å². The summed E-state index contributed by atoms with van der Waals surface area (Å²) < 4.78 is 12.2. The minimum absolute atomic E-state index is 0.0856. The number of aromatic nitrogens is 1. The Labute approximate surface area is 160 Å². The van der Waals surface area contributed by atoms with Gasteiger partial charge in [0.05, 0.1) is 7.11 Å². The van der Waals surface area contributed by atoms with E-state index in [0.29, 0.717) is 19.6 Å². The Morgan fingerprint density at radius 1 is 1.26 bits per heavy atom. The summed E-state index contributed by atoms with van der Waals surface area (Å²) in [6.45, 7) is 4.99. The lowest BCUT2D eigenvalue weighted by atomic mass is 10.1. The Bertz CT molecular complexity index is 858. The van der Waals surface area contributed by atoms with Gasteiger partial charge in [0.25, 0.3) is 5.91 Å². The van der Waals surface area contributed by atoms with Crippen molar-refractivity contribution in [3.8, 4) is 17.5 Å². The van der Waals surface area contributed by atoms with Gasteiger partial charge in [-0.25, -0.2) is 0 Å². The highest BCUT2D eigenvalue weighted by Gasteiger charge is 2.13. The largest absolute Gasteiger partial charge is 0.497 e. The second-order valence-electron chi connectivity index (χ2n) is 6.13. The molecule has 0 aliphatic rings. The normalized spacial score (nSPS) is 11.1. The van der Waals surface area contributed by atoms with Crippen molar-refractivity contribution in [2.24, 2.45) is 0 Å². The summed E-state index contributed by atoms with van der Waals surface area (Å²) in [6, 6.07) is 11.7. The van der Waals surface area contributed by atoms with Gasteiger partial charge in [0, 0.05) is 37.3 Å². The van der Waals surface area contributed by atoms with Crippen LogP contribution in [0, 0.1) is 25.2 Å². The van der Waals surface area contributed by atoms with Crippen LogP contribution >= 0.6 is 0 Å². The number of amides is 1. The van der Waals surface area contributed by atoms with E-state index in [1.54, 1.807) is 20.3 Å². The molecular weight excluding hydrogens is 342 g/mol. The molecule has 0 aliphatic heterocycles. The summed E-state index contributed by atoms with van der Waals surface area (Å²) in [5.41, 5.74) is 3.89. The molecule has 0 bridgehead atoms. The predicted octanol–water partition coefficient (Wildman–Crippen LogP) is 3.16. The molecule has 6 nitrogen and oxygen atoms in total. The average molecular weight is 367 g/mol. The van der Waals surface area contributed by atoms with Crippen molar-refractivity contribution in [2.45, 2.75) is 20.3 Å². The van der Waals surface area contributed by atoms with Gasteiger partial charge in [-0.3, -0.25) is 4.79 Å². The number of aryl methyl sites for hydroxylation is 1. The third-order valence-electron chi connectivity index (χ3n) is 4.28. The quantitative estimate of drug-likeness (QED) is 0.442. The first-order valence-corrected chi connectivity index (χ1v) is 8.74. The van der Waals surface area contributed by atoms with E-state index in [4.69, 9.17) is 9.47 Å². The molecule has 0 unspecified atom stereocenters. The molecule has 1 aromatic carbocycles. The van der Waals surface area contributed by atoms with E-state index in [1.807, 2.05) is 50.2 Å². The van der Waals surface area contributed by atoms with Crippen molar-refractivity contribution >= 4 is 12.0 Å². The number of methoxy groups -OCH3 is 2. The summed E-state index contributed by atoms with van der Waals surface area (Å²) in [6.07, 6.45) is 2.33. The van der Waals surface area contributed by atoms with Crippen LogP contribution in [0.1, 0.15) is 23.4 Å². The van der Waals surface area contributed by atoms with Gasteiger partial charge in [-0.1, -0.05) is 0 Å². The van der Waals surface area contributed by atoms with Crippen LogP contribution in [0.5, 0.6) is 5.75 Å². The molecule has 27 heavy (non-hydrogen) atoms. The molecular formula is C21H25N3O3. The topological polar surface area (TPSA) is 76.3 Å². The highest BCUT2D eigenvalue weighted by Crippen LogP contribution is 2.24. The SMILES string of the molecule is COCCCNC(=O)/C(C#N)=C\c1cc(C)n(-c2ccc(OC)cc2)c1C. The fourth-order valence-corrected chi connectivity index (χ4v) is 2.88. The molecule has 1 aromatic heterocycles. The lowest BCUT2D eigenvalue weighted by molar-refractivity contribution is -0.117. The molecule has 0 fully saturated rings. The van der Waals surface area contributed by atoms with Crippen LogP contribution in [0.2, 0.25) is 0 Å². The van der Waals surface area contributed by atoms with Crippen molar-refractivity contribution in [2.75, 3.05) is 27.4 Å². The van der Waals surface area contributed by atoms with E-state index in [2.05, 4.69) is 9.88 Å². The number of rotatable bonds is 8. The van der Waals surface area contributed by atoms with E-state index < -0.39 is 0 Å². The fourth-order valence-electron chi connectivity index (χ4n) is 2.88. The highest BCUT2D eigenvalue weighted by molar-refractivity contribution is 6.01. The molecule has 1 amide bonds. The number of hydrogen-bond donors (Lipinski definition) is 1. The zero-order valence-electron chi connectivity index (χ0n) is 16.2. The molecule has 0 saturated heterocycles. The zero-order chi connectivity index (χ0) is 19.8. The summed E-state index contributed by atoms with van der Waals surface area (Å²) >= 11 is 0. The van der Waals surface area contributed by atoms with Crippen LogP contribution < -0.4 is 10.1 Å². The molecule has 0 saturated carbocycles. The Morgan fingerprint density at radius 2 is 1.96 bits per heavy atom. The van der Waals surface area contributed by atoms with Gasteiger partial charge in [-0.2, -0.15) is 5.26 Å². The number of carbonyl (C=O) groups excluding carboxylic acids is 1. The molecule has 1 heterocycles. The van der Waals surface area contributed by atoms with Gasteiger partial charge in [-0.05, 0) is 62.2 Å². The van der Waals surface area contributed by atoms with E-state index in [1.165, 1.54) is 0 Å². The third kappa shape index (κ3) is 4.99. The van der Waals surface area contributed by atoms with Gasteiger partial charge < -0.3 is 19.4 Å². The van der Waals surface area contributed by atoms with Gasteiger partial charge in [0.15, 0.2) is 0 Å². The first-order valence-electron chi connectivity index (χ1n) is 8.74. The lowest BCUT2D eigenvalue weighted by Gasteiger charge is -2.10. The molecule has 0 atom stereocenters. The molecule has 6 heteroatoms. The molecule has 142 valence electrons. The third-order valence-corrected chi connectivity index (χ3v) is 4.28. The zero-order valence-corrected chi connectivity index (χ0v) is 16.2. The minimum Gasteiger partial charge on any atom is -0.497 e. The summed E-state index contributed by atoms with van der Waals surface area (Å²) in [5, 5.41) is 12.1. The van der Waals surface area contributed by atoms with Crippen LogP contribution in [0.25, 0.3) is 11.8 Å². The number of nitriles is 1. The Hall–Kier alpha value is -3.04. The molecule has 0 aliphatic carbocycles. The van der Waals surface area contributed by atoms with Gasteiger partial charge >= 0.3 is 0 Å². The van der Waals surface area contributed by atoms with Crippen LogP contribution in [0.3, 0.4) is 0 Å². The lowest BCUT2D eigenvalue weighted by Crippen LogP contribution is -2.26. The molecule has 1 N–H and O–H groups in total. The smallest absolute Gasteiger partial charge is 0.261 e. The molecule has 2 rings (SSSR count). The van der Waals surface area contributed by atoms with E-state index >= 15 is 0 Å². The monoisotopic (exact) mass is 367 g/mol. The van der Waals surface area contributed by atoms with Gasteiger partial charge in [-0.15, -0.1) is 0 Å².